The van der Waals surface area contributed by atoms with Crippen molar-refractivity contribution in [3.8, 4) is 0 Å². The van der Waals surface area contributed by atoms with Gasteiger partial charge in [-0.15, -0.1) is 9.05 Å². The van der Waals surface area contributed by atoms with Crippen molar-refractivity contribution in [1.82, 2.24) is 39.0 Å². The zero-order chi connectivity index (χ0) is 41.2. The van der Waals surface area contributed by atoms with Crippen LogP contribution in [0, 0.1) is 0 Å². The van der Waals surface area contributed by atoms with Gasteiger partial charge in [-0.1, -0.05) is 36.4 Å². The summed E-state index contributed by atoms with van der Waals surface area (Å²) >= 11 is 5.46. The second-order valence-corrected chi connectivity index (χ2v) is 17.7. The van der Waals surface area contributed by atoms with Crippen LogP contribution in [-0.2, 0) is 48.7 Å². The van der Waals surface area contributed by atoms with Gasteiger partial charge in [-0.25, -0.2) is 29.9 Å². The highest BCUT2D eigenvalue weighted by Gasteiger charge is 2.66. The van der Waals surface area contributed by atoms with Gasteiger partial charge in [0.25, 0.3) is 11.8 Å². The monoisotopic (exact) mass is 877 g/mol. The Morgan fingerprint density at radius 3 is 2.00 bits per heavy atom. The molecule has 2 aromatic carbocycles. The molecule has 4 aliphatic rings. The number of rotatable bonds is 6. The second kappa shape index (κ2) is 15.4. The van der Waals surface area contributed by atoms with Crippen LogP contribution in [0.3, 0.4) is 0 Å². The molecule has 6 aromatic rings. The zero-order valence-corrected chi connectivity index (χ0v) is 33.2. The summed E-state index contributed by atoms with van der Waals surface area (Å²) in [5.41, 5.74) is 0.164. The number of fused-ring (bicyclic) bond motifs is 4. The zero-order valence-electron chi connectivity index (χ0n) is 30.6. The maximum atomic E-state index is 13.6. The van der Waals surface area contributed by atoms with E-state index in [9.17, 15) is 24.2 Å². The molecule has 4 saturated heterocycles. The smallest absolute Gasteiger partial charge is 0.387 e. The molecule has 0 aliphatic carbocycles. The summed E-state index contributed by atoms with van der Waals surface area (Å²) in [6.07, 6.45) is -3.18. The molecule has 10 atom stereocenters. The van der Waals surface area contributed by atoms with E-state index in [1.807, 2.05) is 0 Å². The van der Waals surface area contributed by atoms with E-state index < -0.39 is 88.6 Å². The molecule has 25 heteroatoms. The lowest BCUT2D eigenvalue weighted by atomic mass is 10.0. The van der Waals surface area contributed by atoms with E-state index in [0.29, 0.717) is 11.1 Å². The number of amides is 2. The third kappa shape index (κ3) is 6.97. The van der Waals surface area contributed by atoms with Crippen molar-refractivity contribution in [1.29, 1.82) is 0 Å². The fourth-order valence-electron chi connectivity index (χ4n) is 7.50. The number of aliphatic hydroxyl groups excluding tert-OH is 1. The quantitative estimate of drug-likeness (QED) is 0.175. The Hall–Kier alpha value is -5.13. The summed E-state index contributed by atoms with van der Waals surface area (Å²) in [6.45, 7) is -5.25. The number of ether oxygens (including phenoxy) is 3. The van der Waals surface area contributed by atoms with Crippen molar-refractivity contribution in [3.63, 3.8) is 0 Å². The molecule has 4 fully saturated rings. The molecule has 4 N–H and O–H groups in total. The molecule has 4 aliphatic heterocycles. The van der Waals surface area contributed by atoms with E-state index in [1.165, 1.54) is 29.9 Å². The molecular formula is C35H31N10O12P2S+. The average molecular weight is 878 g/mol. The summed E-state index contributed by atoms with van der Waals surface area (Å²) in [6, 6.07) is 17.1. The Morgan fingerprint density at radius 2 is 1.40 bits per heavy atom. The van der Waals surface area contributed by atoms with Gasteiger partial charge in [0.15, 0.2) is 58.1 Å². The standard InChI is InChI=1S/C35H30N10O12P2S/c46-23-20-11-53-59(50,60)57-26-25-34(45-17-41-22-28(37-15-39-30(22)45)43-32(48)19-9-5-2-6-10-19)55-35(26,12-51-25)13-52-58(49)56-24(23)33(54-20)44-16-40-21-27(36-14-38-29(21)44)42-31(47)18-7-3-1-4-8-18/h1-10,14-17,20,23-26,33-34,46H,11-13H2,(H2-,36,37,38,39,42,43,47,48,50,60)/p+1/t20-,23-,24-,25-,26+,33-,34-,35-,59?/m1/s1. The predicted molar refractivity (Wildman–Crippen MR) is 208 cm³/mol. The van der Waals surface area contributed by atoms with E-state index in [0.717, 1.165) is 0 Å². The number of nitrogens with zero attached hydrogens (tertiary/aromatic N) is 8. The number of aromatic nitrogens is 8. The van der Waals surface area contributed by atoms with Gasteiger partial charge in [0.2, 0.25) is 0 Å². The maximum Gasteiger partial charge on any atom is 0.698 e. The Balaban J connectivity index is 0.908. The number of nitrogens with one attached hydrogen (secondary N) is 2. The number of benzene rings is 2. The van der Waals surface area contributed by atoms with Crippen LogP contribution < -0.4 is 10.6 Å². The van der Waals surface area contributed by atoms with Crippen LogP contribution >= 0.6 is 15.0 Å². The number of hydrogen-bond acceptors (Lipinski definition) is 18. The lowest BCUT2D eigenvalue weighted by molar-refractivity contribution is -0.182. The van der Waals surface area contributed by atoms with Crippen LogP contribution in [0.4, 0.5) is 11.6 Å². The van der Waals surface area contributed by atoms with Gasteiger partial charge in [-0.2, -0.15) is 0 Å². The Kier molecular flexibility index (Phi) is 10.0. The van der Waals surface area contributed by atoms with Crippen molar-refractivity contribution >= 4 is 72.6 Å². The highest BCUT2D eigenvalue weighted by Crippen LogP contribution is 2.56. The number of hydrogen-bond donors (Lipinski definition) is 4. The first-order valence-electron chi connectivity index (χ1n) is 18.2. The molecule has 0 radical (unpaired) electrons. The second-order valence-electron chi connectivity index (χ2n) is 14.0. The van der Waals surface area contributed by atoms with Crippen molar-refractivity contribution in [2.24, 2.45) is 0 Å². The summed E-state index contributed by atoms with van der Waals surface area (Å²) in [5.74, 6) is -0.589. The van der Waals surface area contributed by atoms with Crippen molar-refractivity contribution in [2.75, 3.05) is 30.5 Å². The van der Waals surface area contributed by atoms with Crippen molar-refractivity contribution in [2.45, 2.75) is 48.6 Å². The molecule has 4 aromatic heterocycles. The molecule has 4 bridgehead atoms. The molecule has 2 unspecified atom stereocenters. The normalized spacial score (nSPS) is 31.0. The molecule has 0 saturated carbocycles. The summed E-state index contributed by atoms with van der Waals surface area (Å²) in [7, 11) is -3.02. The molecule has 308 valence electrons. The topological polar surface area (TPSA) is 268 Å². The fraction of sp³-hybridized carbons (Fsp3) is 0.314. The van der Waals surface area contributed by atoms with E-state index in [-0.39, 0.29) is 40.6 Å². The van der Waals surface area contributed by atoms with Crippen LogP contribution in [-0.4, -0.2) is 117 Å². The van der Waals surface area contributed by atoms with Crippen LogP contribution in [0.1, 0.15) is 33.2 Å². The van der Waals surface area contributed by atoms with Gasteiger partial charge < -0.3 is 39.4 Å². The number of anilines is 2. The first-order valence-corrected chi connectivity index (χ1v) is 21.9. The Labute approximate surface area is 343 Å². The third-order valence-corrected chi connectivity index (χ3v) is 12.7. The molecular weight excluding hydrogens is 846 g/mol. The van der Waals surface area contributed by atoms with Crippen LogP contribution in [0.5, 0.6) is 0 Å². The minimum atomic E-state index is -4.17. The number of carbonyl (C=O) groups is 2. The molecule has 8 heterocycles. The van der Waals surface area contributed by atoms with Gasteiger partial charge in [0.05, 0.1) is 25.9 Å². The highest BCUT2D eigenvalue weighted by molar-refractivity contribution is 8.07. The largest absolute Gasteiger partial charge is 0.698 e. The van der Waals surface area contributed by atoms with Gasteiger partial charge in [-0.05, 0) is 36.1 Å². The van der Waals surface area contributed by atoms with Gasteiger partial charge in [-0.3, -0.25) is 23.2 Å². The average Bonchev–Trinajstić information content (AvgIpc) is 4.08. The van der Waals surface area contributed by atoms with E-state index in [4.69, 9.17) is 44.1 Å². The molecule has 22 nitrogen and oxygen atoms in total. The molecule has 0 spiro atoms. The summed E-state index contributed by atoms with van der Waals surface area (Å²) in [4.78, 5) is 63.3. The Morgan fingerprint density at radius 1 is 0.817 bits per heavy atom. The first-order chi connectivity index (χ1) is 29.1. The van der Waals surface area contributed by atoms with Crippen LogP contribution in [0.15, 0.2) is 86.0 Å². The van der Waals surface area contributed by atoms with Crippen LogP contribution in [0.2, 0.25) is 0 Å². The lowest BCUT2D eigenvalue weighted by Crippen LogP contribution is -2.45. The minimum absolute atomic E-state index is 0.102. The van der Waals surface area contributed by atoms with Crippen molar-refractivity contribution < 1.29 is 56.5 Å². The minimum Gasteiger partial charge on any atom is -0.387 e. The first kappa shape index (κ1) is 39.0. The highest BCUT2D eigenvalue weighted by atomic mass is 32.5. The summed E-state index contributed by atoms with van der Waals surface area (Å²) in [5, 5.41) is 16.9. The fourth-order valence-corrected chi connectivity index (χ4v) is 9.77. The molecule has 60 heavy (non-hydrogen) atoms. The lowest BCUT2D eigenvalue weighted by Gasteiger charge is -2.30. The Bertz CT molecular complexity index is 2700. The summed E-state index contributed by atoms with van der Waals surface area (Å²) < 4.78 is 58.9. The SMILES string of the molecule is O=C(Nc1ncnc2c1ncn2[C@@H]1O[C@@H]2COP(O)(=S)O[C@H]3[C@H]4OC[C@]3(CO[P+](=O)O[C@@H]1[C@@H]2O)O[C@H]4n1cnc2c(NC(=O)c3ccccc3)ncnc21)c1ccccc1. The van der Waals surface area contributed by atoms with Gasteiger partial charge in [0.1, 0.15) is 43.7 Å². The van der Waals surface area contributed by atoms with Crippen LogP contribution in [0.25, 0.3) is 22.3 Å². The maximum absolute atomic E-state index is 13.6. The van der Waals surface area contributed by atoms with Crippen molar-refractivity contribution in [3.05, 3.63) is 97.1 Å². The van der Waals surface area contributed by atoms with Gasteiger partial charge in [0, 0.05) is 15.7 Å². The third-order valence-electron chi connectivity index (χ3n) is 10.4. The van der Waals surface area contributed by atoms with E-state index in [2.05, 4.69) is 40.5 Å². The number of carbonyl (C=O) groups excluding carboxylic acids is 2. The van der Waals surface area contributed by atoms with E-state index >= 15 is 0 Å². The predicted octanol–water partition coefficient (Wildman–Crippen LogP) is 2.79. The van der Waals surface area contributed by atoms with Gasteiger partial charge >= 0.3 is 15.0 Å². The van der Waals surface area contributed by atoms with E-state index in [1.54, 1.807) is 65.2 Å². The number of imidazole rings is 2. The molecule has 2 amide bonds. The number of aliphatic hydroxyl groups is 1. The molecule has 10 rings (SSSR count).